The Bertz CT molecular complexity index is 1360. The molecule has 41 heavy (non-hydrogen) atoms. The molecule has 0 saturated carbocycles. The van der Waals surface area contributed by atoms with Gasteiger partial charge in [0.05, 0.1) is 7.11 Å². The van der Waals surface area contributed by atoms with Gasteiger partial charge in [0.2, 0.25) is 0 Å². The van der Waals surface area contributed by atoms with Crippen LogP contribution in [0.3, 0.4) is 0 Å². The molecule has 0 bridgehead atoms. The van der Waals surface area contributed by atoms with Gasteiger partial charge < -0.3 is 25.4 Å². The van der Waals surface area contributed by atoms with Crippen LogP contribution < -0.4 is 25.4 Å². The smallest absolute Gasteiger partial charge is 0.319 e. The molecule has 3 N–H and O–H groups in total. The quantitative estimate of drug-likeness (QED) is 0.250. The summed E-state index contributed by atoms with van der Waals surface area (Å²) in [4.78, 5) is 27.3. The van der Waals surface area contributed by atoms with Crippen LogP contribution in [-0.2, 0) is 0 Å². The lowest BCUT2D eigenvalue weighted by atomic mass is 9.98. The first kappa shape index (κ1) is 29.7. The van der Waals surface area contributed by atoms with E-state index in [1.54, 1.807) is 49.6 Å². The van der Waals surface area contributed by atoms with Crippen LogP contribution in [0.2, 0.25) is 0 Å². The highest BCUT2D eigenvalue weighted by Gasteiger charge is 2.15. The maximum Gasteiger partial charge on any atom is 0.319 e. The van der Waals surface area contributed by atoms with Crippen molar-refractivity contribution >= 4 is 28.9 Å². The van der Waals surface area contributed by atoms with Gasteiger partial charge in [0.15, 0.2) is 11.5 Å². The van der Waals surface area contributed by atoms with Crippen molar-refractivity contribution in [2.45, 2.75) is 40.2 Å². The second kappa shape index (κ2) is 13.9. The molecule has 8 nitrogen and oxygen atoms in total. The Kier molecular flexibility index (Phi) is 10.0. The predicted octanol–water partition coefficient (Wildman–Crippen LogP) is 7.01. The molecule has 4 rings (SSSR count). The molecule has 1 aliphatic heterocycles. The molecule has 0 saturated heterocycles. The van der Waals surface area contributed by atoms with Crippen molar-refractivity contribution in [3.63, 3.8) is 0 Å². The zero-order valence-electron chi connectivity index (χ0n) is 24.5. The molecule has 0 unspecified atom stereocenters. The van der Waals surface area contributed by atoms with E-state index in [4.69, 9.17) is 9.47 Å². The van der Waals surface area contributed by atoms with E-state index in [0.29, 0.717) is 40.1 Å². The number of benzene rings is 3. The van der Waals surface area contributed by atoms with E-state index < -0.39 is 0 Å². The third-order valence-corrected chi connectivity index (χ3v) is 6.62. The van der Waals surface area contributed by atoms with Crippen LogP contribution >= 0.6 is 0 Å². The average molecular weight is 557 g/mol. The minimum atomic E-state index is -0.292. The number of amides is 3. The van der Waals surface area contributed by atoms with Crippen LogP contribution in [0.4, 0.5) is 16.2 Å². The van der Waals surface area contributed by atoms with Crippen molar-refractivity contribution in [1.82, 2.24) is 10.2 Å². The molecule has 0 aliphatic carbocycles. The summed E-state index contributed by atoms with van der Waals surface area (Å²) in [6.45, 7) is 11.4. The first-order chi connectivity index (χ1) is 19.7. The molecule has 8 heteroatoms. The zero-order chi connectivity index (χ0) is 29.4. The van der Waals surface area contributed by atoms with Crippen LogP contribution in [0.25, 0.3) is 5.57 Å². The number of hydrogen-bond acceptors (Lipinski definition) is 5. The number of anilines is 2. The van der Waals surface area contributed by atoms with Crippen LogP contribution in [0.15, 0.2) is 72.8 Å². The van der Waals surface area contributed by atoms with Gasteiger partial charge in [0.1, 0.15) is 5.75 Å². The fourth-order valence-corrected chi connectivity index (χ4v) is 4.69. The summed E-state index contributed by atoms with van der Waals surface area (Å²) in [5.41, 5.74) is 4.36. The summed E-state index contributed by atoms with van der Waals surface area (Å²) in [5, 5.41) is 8.50. The number of nitrogens with one attached hydrogen (secondary N) is 3. The topological polar surface area (TPSA) is 91.9 Å². The molecular formula is C33H40N4O4. The van der Waals surface area contributed by atoms with Crippen LogP contribution in [0, 0.1) is 5.92 Å². The number of carbonyl (C=O) groups is 2. The molecule has 0 radical (unpaired) electrons. The van der Waals surface area contributed by atoms with Crippen molar-refractivity contribution < 1.29 is 19.1 Å². The van der Waals surface area contributed by atoms with Gasteiger partial charge in [0.25, 0.3) is 5.91 Å². The summed E-state index contributed by atoms with van der Waals surface area (Å²) in [7, 11) is 1.54. The second-order valence-electron chi connectivity index (χ2n) is 10.9. The minimum absolute atomic E-state index is 0.0264. The van der Waals surface area contributed by atoms with Crippen molar-refractivity contribution in [2.75, 3.05) is 37.4 Å². The third kappa shape index (κ3) is 8.59. The Balaban J connectivity index is 1.33. The van der Waals surface area contributed by atoms with E-state index in [2.05, 4.69) is 40.8 Å². The summed E-state index contributed by atoms with van der Waals surface area (Å²) >= 11 is 0. The summed E-state index contributed by atoms with van der Waals surface area (Å²) in [5.74, 6) is 2.06. The lowest BCUT2D eigenvalue weighted by Crippen LogP contribution is -2.34. The normalized spacial score (nSPS) is 13.5. The Labute approximate surface area is 242 Å². The Morgan fingerprint density at radius 3 is 2.20 bits per heavy atom. The third-order valence-electron chi connectivity index (χ3n) is 6.62. The number of urea groups is 1. The molecule has 1 heterocycles. The summed E-state index contributed by atoms with van der Waals surface area (Å²) < 4.78 is 11.4. The van der Waals surface area contributed by atoms with Crippen LogP contribution in [-0.4, -0.2) is 49.6 Å². The van der Waals surface area contributed by atoms with Gasteiger partial charge >= 0.3 is 6.03 Å². The van der Waals surface area contributed by atoms with E-state index >= 15 is 0 Å². The maximum absolute atomic E-state index is 12.9. The number of nitrogens with zero attached hydrogens (tertiary/aromatic N) is 1. The Hall–Kier alpha value is -4.30. The highest BCUT2D eigenvalue weighted by molar-refractivity contribution is 6.04. The number of methoxy groups -OCH3 is 1. The molecular weight excluding hydrogens is 516 g/mol. The Morgan fingerprint density at radius 2 is 1.59 bits per heavy atom. The molecule has 3 aromatic carbocycles. The van der Waals surface area contributed by atoms with Crippen LogP contribution in [0.1, 0.15) is 50.0 Å². The minimum Gasteiger partial charge on any atom is -0.493 e. The van der Waals surface area contributed by atoms with Gasteiger partial charge in [-0.25, -0.2) is 4.79 Å². The second-order valence-corrected chi connectivity index (χ2v) is 10.9. The van der Waals surface area contributed by atoms with Gasteiger partial charge in [-0.2, -0.15) is 0 Å². The Morgan fingerprint density at radius 1 is 0.878 bits per heavy atom. The summed E-state index contributed by atoms with van der Waals surface area (Å²) in [6.07, 6.45) is 3.33. The molecule has 3 aromatic rings. The molecule has 3 amide bonds. The van der Waals surface area contributed by atoms with Crippen molar-refractivity contribution in [3.05, 3.63) is 83.9 Å². The molecule has 0 fully saturated rings. The summed E-state index contributed by atoms with van der Waals surface area (Å²) in [6, 6.07) is 19.8. The van der Waals surface area contributed by atoms with E-state index in [0.717, 1.165) is 26.1 Å². The van der Waals surface area contributed by atoms with Crippen molar-refractivity contribution in [1.29, 1.82) is 0 Å². The number of rotatable bonds is 10. The van der Waals surface area contributed by atoms with Crippen molar-refractivity contribution in [2.24, 2.45) is 5.92 Å². The van der Waals surface area contributed by atoms with Crippen LogP contribution in [0.5, 0.6) is 17.2 Å². The largest absolute Gasteiger partial charge is 0.493 e. The number of carbonyl (C=O) groups excluding carboxylic acids is 2. The van der Waals surface area contributed by atoms with Gasteiger partial charge in [-0.15, -0.1) is 0 Å². The van der Waals surface area contributed by atoms with E-state index in [9.17, 15) is 9.59 Å². The molecule has 0 aromatic heterocycles. The van der Waals surface area contributed by atoms with E-state index in [-0.39, 0.29) is 18.0 Å². The molecule has 0 spiro atoms. The molecule has 216 valence electrons. The van der Waals surface area contributed by atoms with E-state index in [1.807, 2.05) is 38.1 Å². The SMILES string of the molecule is COc1cc(NC(=O)NC(C)C)ccc1Oc1ccc(NC(=O)c2ccc(C3=CCN(CC(C)C)CC3)cc2)cc1. The lowest BCUT2D eigenvalue weighted by Gasteiger charge is -2.27. The van der Waals surface area contributed by atoms with Crippen molar-refractivity contribution in [3.8, 4) is 17.2 Å². The molecule has 0 atom stereocenters. The first-order valence-electron chi connectivity index (χ1n) is 14.1. The number of ether oxygens (including phenoxy) is 2. The van der Waals surface area contributed by atoms with Gasteiger partial charge in [-0.3, -0.25) is 9.69 Å². The highest BCUT2D eigenvalue weighted by Crippen LogP contribution is 2.34. The van der Waals surface area contributed by atoms with Gasteiger partial charge in [-0.05, 0) is 85.9 Å². The average Bonchev–Trinajstić information content (AvgIpc) is 2.94. The molecule has 1 aliphatic rings. The number of hydrogen-bond donors (Lipinski definition) is 3. The fraction of sp³-hybridized carbons (Fsp3) is 0.333. The van der Waals surface area contributed by atoms with Gasteiger partial charge in [-0.1, -0.05) is 32.1 Å². The fourth-order valence-electron chi connectivity index (χ4n) is 4.69. The zero-order valence-corrected chi connectivity index (χ0v) is 24.5. The van der Waals surface area contributed by atoms with E-state index in [1.165, 1.54) is 11.1 Å². The first-order valence-corrected chi connectivity index (χ1v) is 14.1. The highest BCUT2D eigenvalue weighted by atomic mass is 16.5. The lowest BCUT2D eigenvalue weighted by molar-refractivity contribution is 0.102. The predicted molar refractivity (Wildman–Crippen MR) is 165 cm³/mol. The monoisotopic (exact) mass is 556 g/mol. The maximum atomic E-state index is 12.9. The standard InChI is InChI=1S/C33H40N4O4/c1-22(2)21-37-18-16-25(17-19-37)24-6-8-26(9-7-24)32(38)35-27-10-13-29(14-11-27)41-30-15-12-28(20-31(30)40-5)36-33(39)34-23(3)4/h6-16,20,22-23H,17-19,21H2,1-5H3,(H,35,38)(H2,34,36,39). The van der Waals surface area contributed by atoms with Gasteiger partial charge in [0, 0.05) is 48.7 Å².